The van der Waals surface area contributed by atoms with Gasteiger partial charge in [0.05, 0.1) is 0 Å². The largest absolute Gasteiger partial charge is 0.300 e. The molecule has 0 aromatic carbocycles. The quantitative estimate of drug-likeness (QED) is 0.646. The first kappa shape index (κ1) is 11.0. The summed E-state index contributed by atoms with van der Waals surface area (Å²) in [7, 11) is 0. The van der Waals surface area contributed by atoms with Crippen molar-refractivity contribution in [2.75, 3.05) is 13.1 Å². The van der Waals surface area contributed by atoms with Crippen LogP contribution in [0.15, 0.2) is 0 Å². The Morgan fingerprint density at radius 3 is 2.00 bits per heavy atom. The maximum absolute atomic E-state index is 2.70. The van der Waals surface area contributed by atoms with Crippen LogP contribution in [-0.2, 0) is 0 Å². The van der Waals surface area contributed by atoms with Gasteiger partial charge in [0.25, 0.3) is 0 Å². The van der Waals surface area contributed by atoms with Gasteiger partial charge in [-0.3, -0.25) is 0 Å². The lowest BCUT2D eigenvalue weighted by Gasteiger charge is -2.36. The van der Waals surface area contributed by atoms with Gasteiger partial charge in [-0.05, 0) is 44.7 Å². The summed E-state index contributed by atoms with van der Waals surface area (Å²) in [5, 5.41) is 0. The minimum atomic E-state index is 0.859. The summed E-state index contributed by atoms with van der Waals surface area (Å²) in [5.74, 6) is 1.02. The number of nitrogens with zero attached hydrogens (tertiary/aromatic N) is 1. The van der Waals surface area contributed by atoms with Gasteiger partial charge in [0.15, 0.2) is 0 Å². The summed E-state index contributed by atoms with van der Waals surface area (Å²) in [6.45, 7) is 9.67. The summed E-state index contributed by atoms with van der Waals surface area (Å²) in [6.07, 6.45) is 6.91. The molecule has 0 saturated carbocycles. The molecule has 78 valence electrons. The first-order valence-electron chi connectivity index (χ1n) is 6.05. The van der Waals surface area contributed by atoms with E-state index in [4.69, 9.17) is 0 Å². The smallest absolute Gasteiger partial charge is 0.00900 e. The first-order chi connectivity index (χ1) is 6.31. The zero-order valence-electron chi connectivity index (χ0n) is 9.55. The molecule has 0 atom stereocenters. The zero-order valence-corrected chi connectivity index (χ0v) is 9.55. The van der Waals surface area contributed by atoms with Crippen molar-refractivity contribution in [3.05, 3.63) is 0 Å². The van der Waals surface area contributed by atoms with E-state index in [2.05, 4.69) is 25.7 Å². The monoisotopic (exact) mass is 183 g/mol. The molecule has 1 aliphatic heterocycles. The van der Waals surface area contributed by atoms with Crippen LogP contribution in [-0.4, -0.2) is 24.0 Å². The summed E-state index contributed by atoms with van der Waals surface area (Å²) < 4.78 is 0. The molecule has 13 heavy (non-hydrogen) atoms. The van der Waals surface area contributed by atoms with Crippen molar-refractivity contribution in [2.45, 2.75) is 58.9 Å². The molecule has 0 aromatic rings. The highest BCUT2D eigenvalue weighted by Gasteiger charge is 2.21. The normalized spacial score (nSPS) is 21.2. The molecule has 1 heteroatoms. The molecular formula is C12H25N. The number of likely N-dealkylation sites (tertiary alicyclic amines) is 1. The number of rotatable bonds is 4. The van der Waals surface area contributed by atoms with Gasteiger partial charge in [0, 0.05) is 6.04 Å². The van der Waals surface area contributed by atoms with Crippen LogP contribution in [0.2, 0.25) is 0 Å². The Morgan fingerprint density at radius 1 is 1.08 bits per heavy atom. The second-order valence-electron chi connectivity index (χ2n) is 4.36. The first-order valence-corrected chi connectivity index (χ1v) is 6.05. The molecule has 0 aromatic heterocycles. The van der Waals surface area contributed by atoms with Crippen molar-refractivity contribution in [3.63, 3.8) is 0 Å². The Kier molecular flexibility index (Phi) is 4.79. The van der Waals surface area contributed by atoms with Crippen molar-refractivity contribution in [2.24, 2.45) is 5.92 Å². The molecule has 0 bridgehead atoms. The van der Waals surface area contributed by atoms with Gasteiger partial charge in [0.1, 0.15) is 0 Å². The number of piperidine rings is 1. The lowest BCUT2D eigenvalue weighted by atomic mass is 9.93. The van der Waals surface area contributed by atoms with Gasteiger partial charge in [-0.25, -0.2) is 0 Å². The fraction of sp³-hybridized carbons (Fsp3) is 1.00. The molecule has 1 fully saturated rings. The van der Waals surface area contributed by atoms with Crippen LogP contribution in [0.4, 0.5) is 0 Å². The van der Waals surface area contributed by atoms with Gasteiger partial charge in [0.2, 0.25) is 0 Å². The Morgan fingerprint density at radius 2 is 1.62 bits per heavy atom. The Hall–Kier alpha value is -0.0400. The van der Waals surface area contributed by atoms with E-state index in [-0.39, 0.29) is 0 Å². The third-order valence-corrected chi connectivity index (χ3v) is 3.69. The highest BCUT2D eigenvalue weighted by atomic mass is 15.2. The number of hydrogen-bond donors (Lipinski definition) is 0. The van der Waals surface area contributed by atoms with Crippen molar-refractivity contribution in [3.8, 4) is 0 Å². The van der Waals surface area contributed by atoms with Crippen LogP contribution in [0.5, 0.6) is 0 Å². The van der Waals surface area contributed by atoms with E-state index in [1.54, 1.807) is 0 Å². The van der Waals surface area contributed by atoms with E-state index < -0.39 is 0 Å². The van der Waals surface area contributed by atoms with Crippen molar-refractivity contribution in [1.82, 2.24) is 4.90 Å². The van der Waals surface area contributed by atoms with Crippen LogP contribution < -0.4 is 0 Å². The fourth-order valence-electron chi connectivity index (χ4n) is 2.53. The van der Waals surface area contributed by atoms with Crippen LogP contribution in [0.1, 0.15) is 52.9 Å². The van der Waals surface area contributed by atoms with E-state index in [9.17, 15) is 0 Å². The van der Waals surface area contributed by atoms with Gasteiger partial charge >= 0.3 is 0 Å². The van der Waals surface area contributed by atoms with Gasteiger partial charge in [-0.2, -0.15) is 0 Å². The maximum atomic E-state index is 2.70. The fourth-order valence-corrected chi connectivity index (χ4v) is 2.53. The van der Waals surface area contributed by atoms with Gasteiger partial charge in [-0.15, -0.1) is 0 Å². The summed E-state index contributed by atoms with van der Waals surface area (Å²) in [6, 6.07) is 0.859. The SMILES string of the molecule is CCC1CCN(C(CC)CC)CC1. The van der Waals surface area contributed by atoms with Crippen LogP contribution >= 0.6 is 0 Å². The maximum Gasteiger partial charge on any atom is 0.00900 e. The predicted octanol–water partition coefficient (Wildman–Crippen LogP) is 3.30. The molecule has 0 unspecified atom stereocenters. The number of hydrogen-bond acceptors (Lipinski definition) is 1. The zero-order chi connectivity index (χ0) is 9.68. The molecule has 1 rings (SSSR count). The predicted molar refractivity (Wildman–Crippen MR) is 59.0 cm³/mol. The van der Waals surface area contributed by atoms with E-state index in [0.717, 1.165) is 12.0 Å². The lowest BCUT2D eigenvalue weighted by Crippen LogP contribution is -2.40. The topological polar surface area (TPSA) is 3.24 Å². The summed E-state index contributed by atoms with van der Waals surface area (Å²) >= 11 is 0. The molecule has 1 saturated heterocycles. The van der Waals surface area contributed by atoms with Crippen LogP contribution in [0, 0.1) is 5.92 Å². The molecule has 1 heterocycles. The van der Waals surface area contributed by atoms with Gasteiger partial charge < -0.3 is 4.90 Å². The molecule has 0 spiro atoms. The third kappa shape index (κ3) is 2.98. The van der Waals surface area contributed by atoms with E-state index >= 15 is 0 Å². The average Bonchev–Trinajstić information content (AvgIpc) is 2.21. The molecule has 0 radical (unpaired) electrons. The third-order valence-electron chi connectivity index (χ3n) is 3.69. The minimum absolute atomic E-state index is 0.859. The Labute approximate surface area is 83.5 Å². The second kappa shape index (κ2) is 5.64. The van der Waals surface area contributed by atoms with E-state index in [1.807, 2.05) is 0 Å². The van der Waals surface area contributed by atoms with Crippen LogP contribution in [0.25, 0.3) is 0 Å². The van der Waals surface area contributed by atoms with Gasteiger partial charge in [-0.1, -0.05) is 27.2 Å². The van der Waals surface area contributed by atoms with Crippen molar-refractivity contribution in [1.29, 1.82) is 0 Å². The Balaban J connectivity index is 2.30. The molecular weight excluding hydrogens is 158 g/mol. The lowest BCUT2D eigenvalue weighted by molar-refractivity contribution is 0.124. The van der Waals surface area contributed by atoms with Crippen molar-refractivity contribution < 1.29 is 0 Å². The summed E-state index contributed by atoms with van der Waals surface area (Å²) in [5.41, 5.74) is 0. The molecule has 1 aliphatic rings. The minimum Gasteiger partial charge on any atom is -0.300 e. The highest BCUT2D eigenvalue weighted by molar-refractivity contribution is 4.76. The molecule has 0 aliphatic carbocycles. The second-order valence-corrected chi connectivity index (χ2v) is 4.36. The summed E-state index contributed by atoms with van der Waals surface area (Å²) in [4.78, 5) is 2.70. The van der Waals surface area contributed by atoms with E-state index in [0.29, 0.717) is 0 Å². The standard InChI is InChI=1S/C12H25N/c1-4-11-7-9-13(10-8-11)12(5-2)6-3/h11-12H,4-10H2,1-3H3. The van der Waals surface area contributed by atoms with Crippen molar-refractivity contribution >= 4 is 0 Å². The Bertz CT molecular complexity index is 121. The molecule has 0 N–H and O–H groups in total. The molecule has 1 nitrogen and oxygen atoms in total. The highest BCUT2D eigenvalue weighted by Crippen LogP contribution is 2.23. The van der Waals surface area contributed by atoms with Crippen LogP contribution in [0.3, 0.4) is 0 Å². The molecule has 0 amide bonds. The van der Waals surface area contributed by atoms with E-state index in [1.165, 1.54) is 45.2 Å². The average molecular weight is 183 g/mol.